The van der Waals surface area contributed by atoms with Crippen molar-refractivity contribution in [3.8, 4) is 0 Å². The molecule has 0 spiro atoms. The van der Waals surface area contributed by atoms with Gasteiger partial charge in [-0.15, -0.1) is 0 Å². The fourth-order valence-corrected chi connectivity index (χ4v) is 2.63. The van der Waals surface area contributed by atoms with Crippen molar-refractivity contribution in [1.29, 1.82) is 0 Å². The van der Waals surface area contributed by atoms with Gasteiger partial charge in [-0.3, -0.25) is 4.79 Å². The minimum Gasteiger partial charge on any atom is -0.422 e. The van der Waals surface area contributed by atoms with Gasteiger partial charge in [-0.2, -0.15) is 0 Å². The molecule has 0 atom stereocenters. The minimum absolute atomic E-state index is 0.0276. The summed E-state index contributed by atoms with van der Waals surface area (Å²) in [6.45, 7) is 11.9. The van der Waals surface area contributed by atoms with Gasteiger partial charge in [0.15, 0.2) is 19.5 Å². The zero-order valence-corrected chi connectivity index (χ0v) is 15.0. The molecule has 0 saturated heterocycles. The predicted octanol–water partition coefficient (Wildman–Crippen LogP) is 0.522. The van der Waals surface area contributed by atoms with Crippen molar-refractivity contribution in [2.24, 2.45) is 0 Å². The minimum atomic E-state index is -0.511. The van der Waals surface area contributed by atoms with Crippen LogP contribution in [0.3, 0.4) is 0 Å². The highest BCUT2D eigenvalue weighted by atomic mass is 28.2. The second-order valence-electron chi connectivity index (χ2n) is 4.32. The Balaban J connectivity index is 0. The highest BCUT2D eigenvalue weighted by Gasteiger charge is 1.93. The number of nitrogens with one attached hydrogen (secondary N) is 1. The number of hydrogen-bond acceptors (Lipinski definition) is 3. The van der Waals surface area contributed by atoms with Crippen LogP contribution < -0.4 is 5.32 Å². The van der Waals surface area contributed by atoms with Crippen LogP contribution in [0.25, 0.3) is 0 Å². The van der Waals surface area contributed by atoms with Crippen LogP contribution in [0.4, 0.5) is 0 Å². The Morgan fingerprint density at radius 1 is 1.12 bits per heavy atom. The van der Waals surface area contributed by atoms with E-state index in [9.17, 15) is 4.79 Å². The lowest BCUT2D eigenvalue weighted by Gasteiger charge is -2.06. The third-order valence-corrected chi connectivity index (χ3v) is 4.25. The first-order chi connectivity index (χ1) is 7.90. The summed E-state index contributed by atoms with van der Waals surface area (Å²) >= 11 is 0. The molecular formula is C11H29NO3Si2. The van der Waals surface area contributed by atoms with E-state index in [-0.39, 0.29) is 15.7 Å². The second kappa shape index (κ2) is 13.9. The molecule has 0 saturated carbocycles. The zero-order valence-electron chi connectivity index (χ0n) is 12.2. The van der Waals surface area contributed by atoms with E-state index in [1.165, 1.54) is 13.0 Å². The summed E-state index contributed by atoms with van der Waals surface area (Å²) < 4.78 is 10.6. The summed E-state index contributed by atoms with van der Waals surface area (Å²) in [5.41, 5.74) is 0. The van der Waals surface area contributed by atoms with Crippen molar-refractivity contribution in [3.05, 3.63) is 0 Å². The SMILES string of the molecule is CC(=O)NC[SiH2]OC(C)C.CC[SiH2]OC(C)C. The number of carbonyl (C=O) groups excluding carboxylic acids is 1. The molecule has 0 aliphatic heterocycles. The highest BCUT2D eigenvalue weighted by Crippen LogP contribution is 1.85. The fraction of sp³-hybridized carbons (Fsp3) is 0.909. The van der Waals surface area contributed by atoms with Crippen molar-refractivity contribution in [3.63, 3.8) is 0 Å². The first-order valence-electron chi connectivity index (χ1n) is 6.37. The summed E-state index contributed by atoms with van der Waals surface area (Å²) in [5, 5.41) is 2.70. The van der Waals surface area contributed by atoms with Gasteiger partial charge in [0, 0.05) is 25.3 Å². The molecule has 0 aromatic rings. The van der Waals surface area contributed by atoms with E-state index in [2.05, 4.69) is 26.1 Å². The summed E-state index contributed by atoms with van der Waals surface area (Å²) in [6, 6.07) is 1.26. The molecule has 6 heteroatoms. The van der Waals surface area contributed by atoms with Crippen molar-refractivity contribution >= 4 is 25.4 Å². The third kappa shape index (κ3) is 25.8. The first-order valence-corrected chi connectivity index (χ1v) is 9.53. The fourth-order valence-electron chi connectivity index (χ4n) is 0.875. The van der Waals surface area contributed by atoms with Crippen LogP contribution in [0.15, 0.2) is 0 Å². The lowest BCUT2D eigenvalue weighted by atomic mass is 10.5. The van der Waals surface area contributed by atoms with Crippen LogP contribution in [-0.4, -0.2) is 43.8 Å². The average Bonchev–Trinajstić information content (AvgIpc) is 2.22. The molecule has 0 rings (SSSR count). The Morgan fingerprint density at radius 2 is 1.59 bits per heavy atom. The third-order valence-electron chi connectivity index (χ3n) is 1.58. The quantitative estimate of drug-likeness (QED) is 0.546. The van der Waals surface area contributed by atoms with Gasteiger partial charge in [0.1, 0.15) is 0 Å². The molecule has 0 heterocycles. The maximum absolute atomic E-state index is 10.3. The van der Waals surface area contributed by atoms with Crippen LogP contribution in [0.2, 0.25) is 6.04 Å². The normalized spacial score (nSPS) is 11.5. The standard InChI is InChI=1S/C6H15NO2Si.C5H14OSi/c1-5(2)9-10-4-7-6(3)8;1-4-7-6-5(2)3/h5H,4,10H2,1-3H3,(H,7,8);5H,4,7H2,1-3H3. The molecule has 0 unspecified atom stereocenters. The molecule has 104 valence electrons. The molecule has 0 radical (unpaired) electrons. The molecule has 0 bridgehead atoms. The summed E-state index contributed by atoms with van der Waals surface area (Å²) in [5.74, 6) is 0.0276. The van der Waals surface area contributed by atoms with E-state index >= 15 is 0 Å². The molecule has 0 aromatic carbocycles. The predicted molar refractivity (Wildman–Crippen MR) is 78.7 cm³/mol. The molecule has 0 aliphatic rings. The Hall–Kier alpha value is -0.176. The van der Waals surface area contributed by atoms with Gasteiger partial charge in [-0.1, -0.05) is 6.92 Å². The summed E-state index contributed by atoms with van der Waals surface area (Å²) in [7, 11) is -0.637. The van der Waals surface area contributed by atoms with Crippen molar-refractivity contribution < 1.29 is 13.6 Å². The molecule has 0 aromatic heterocycles. The number of amides is 1. The Bertz CT molecular complexity index is 178. The Labute approximate surface area is 111 Å². The molecular weight excluding hydrogens is 250 g/mol. The molecule has 0 aliphatic carbocycles. The van der Waals surface area contributed by atoms with Crippen LogP contribution in [0.5, 0.6) is 0 Å². The van der Waals surface area contributed by atoms with Gasteiger partial charge in [-0.05, 0) is 33.7 Å². The average molecular weight is 280 g/mol. The molecule has 1 amide bonds. The number of rotatable bonds is 7. The van der Waals surface area contributed by atoms with Crippen molar-refractivity contribution in [1.82, 2.24) is 5.32 Å². The zero-order chi connectivity index (χ0) is 13.7. The Kier molecular flexibility index (Phi) is 15.7. The molecule has 17 heavy (non-hydrogen) atoms. The molecule has 4 nitrogen and oxygen atoms in total. The van der Waals surface area contributed by atoms with Gasteiger partial charge in [-0.25, -0.2) is 0 Å². The van der Waals surface area contributed by atoms with E-state index in [0.29, 0.717) is 12.2 Å². The summed E-state index contributed by atoms with van der Waals surface area (Å²) in [6.07, 6.45) is 1.51. The second-order valence-corrected chi connectivity index (χ2v) is 7.31. The van der Waals surface area contributed by atoms with Gasteiger partial charge in [0.2, 0.25) is 5.91 Å². The van der Waals surface area contributed by atoms with Gasteiger partial charge >= 0.3 is 0 Å². The van der Waals surface area contributed by atoms with Gasteiger partial charge in [0.25, 0.3) is 0 Å². The van der Waals surface area contributed by atoms with E-state index < -0.39 is 9.76 Å². The highest BCUT2D eigenvalue weighted by molar-refractivity contribution is 6.28. The van der Waals surface area contributed by atoms with E-state index in [1.54, 1.807) is 0 Å². The molecule has 0 fully saturated rings. The van der Waals surface area contributed by atoms with E-state index in [0.717, 1.165) is 6.17 Å². The number of hydrogen-bond donors (Lipinski definition) is 1. The maximum atomic E-state index is 10.3. The van der Waals surface area contributed by atoms with Crippen LogP contribution >= 0.6 is 0 Å². The smallest absolute Gasteiger partial charge is 0.216 e. The lowest BCUT2D eigenvalue weighted by Crippen LogP contribution is -2.27. The van der Waals surface area contributed by atoms with Gasteiger partial charge in [0.05, 0.1) is 0 Å². The van der Waals surface area contributed by atoms with Crippen LogP contribution in [0.1, 0.15) is 41.5 Å². The topological polar surface area (TPSA) is 47.6 Å². The van der Waals surface area contributed by atoms with Gasteiger partial charge < -0.3 is 14.2 Å². The Morgan fingerprint density at radius 3 is 1.88 bits per heavy atom. The van der Waals surface area contributed by atoms with E-state index in [1.807, 2.05) is 13.8 Å². The van der Waals surface area contributed by atoms with Crippen LogP contribution in [-0.2, 0) is 13.6 Å². The largest absolute Gasteiger partial charge is 0.422 e. The van der Waals surface area contributed by atoms with Crippen molar-refractivity contribution in [2.75, 3.05) is 6.17 Å². The summed E-state index contributed by atoms with van der Waals surface area (Å²) in [4.78, 5) is 10.3. The van der Waals surface area contributed by atoms with E-state index in [4.69, 9.17) is 8.85 Å². The maximum Gasteiger partial charge on any atom is 0.216 e. The van der Waals surface area contributed by atoms with Crippen LogP contribution in [0, 0.1) is 0 Å². The molecule has 1 N–H and O–H groups in total. The number of carbonyl (C=O) groups is 1. The first kappa shape index (κ1) is 19.2. The monoisotopic (exact) mass is 279 g/mol. The van der Waals surface area contributed by atoms with Crippen molar-refractivity contribution in [2.45, 2.75) is 59.8 Å². The lowest BCUT2D eigenvalue weighted by molar-refractivity contribution is -0.118.